The van der Waals surface area contributed by atoms with Gasteiger partial charge in [-0.1, -0.05) is 0 Å². The lowest BCUT2D eigenvalue weighted by Gasteiger charge is -2.21. The van der Waals surface area contributed by atoms with Crippen molar-refractivity contribution in [1.82, 2.24) is 9.88 Å². The van der Waals surface area contributed by atoms with Crippen molar-refractivity contribution in [2.45, 2.75) is 19.4 Å². The van der Waals surface area contributed by atoms with E-state index in [9.17, 15) is 10.1 Å². The van der Waals surface area contributed by atoms with Crippen molar-refractivity contribution < 1.29 is 4.92 Å². The molecule has 1 saturated heterocycles. The largest absolute Gasteiger partial charge is 0.355 e. The Labute approximate surface area is 106 Å². The van der Waals surface area contributed by atoms with Gasteiger partial charge < -0.3 is 9.80 Å². The molecule has 98 valence electrons. The molecule has 1 aliphatic heterocycles. The van der Waals surface area contributed by atoms with E-state index in [0.717, 1.165) is 25.3 Å². The van der Waals surface area contributed by atoms with Crippen molar-refractivity contribution in [3.8, 4) is 0 Å². The molecule has 0 radical (unpaired) electrons. The summed E-state index contributed by atoms with van der Waals surface area (Å²) in [5.74, 6) is 0.836. The van der Waals surface area contributed by atoms with Gasteiger partial charge in [0.05, 0.1) is 4.92 Å². The quantitative estimate of drug-likeness (QED) is 0.600. The number of anilines is 1. The van der Waals surface area contributed by atoms with Gasteiger partial charge >= 0.3 is 0 Å². The highest BCUT2D eigenvalue weighted by Crippen LogP contribution is 2.24. The molecular formula is C12H18N4O2. The Morgan fingerprint density at radius 2 is 2.28 bits per heavy atom. The molecule has 1 atom stereocenters. The first kappa shape index (κ1) is 12.8. The van der Waals surface area contributed by atoms with Gasteiger partial charge in [0.15, 0.2) is 0 Å². The molecule has 0 aliphatic carbocycles. The fourth-order valence-corrected chi connectivity index (χ4v) is 2.27. The third-order valence-corrected chi connectivity index (χ3v) is 3.48. The number of aryl methyl sites for hydroxylation is 1. The fraction of sp³-hybridized carbons (Fsp3) is 0.583. The number of pyridine rings is 1. The zero-order valence-electron chi connectivity index (χ0n) is 11.0. The van der Waals surface area contributed by atoms with Crippen LogP contribution in [0.3, 0.4) is 0 Å². The van der Waals surface area contributed by atoms with Gasteiger partial charge in [-0.05, 0) is 33.5 Å². The van der Waals surface area contributed by atoms with E-state index in [2.05, 4.69) is 28.9 Å². The Morgan fingerprint density at radius 3 is 2.78 bits per heavy atom. The van der Waals surface area contributed by atoms with Crippen LogP contribution < -0.4 is 4.90 Å². The van der Waals surface area contributed by atoms with Gasteiger partial charge in [0.1, 0.15) is 12.0 Å². The molecule has 1 aliphatic rings. The highest BCUT2D eigenvalue weighted by Gasteiger charge is 2.25. The predicted molar refractivity (Wildman–Crippen MR) is 69.9 cm³/mol. The zero-order chi connectivity index (χ0) is 13.3. The Kier molecular flexibility index (Phi) is 3.47. The maximum atomic E-state index is 10.7. The van der Waals surface area contributed by atoms with Crippen LogP contribution in [0.2, 0.25) is 0 Å². The van der Waals surface area contributed by atoms with E-state index in [0.29, 0.717) is 11.6 Å². The van der Waals surface area contributed by atoms with Gasteiger partial charge in [0.2, 0.25) is 0 Å². The second kappa shape index (κ2) is 4.89. The van der Waals surface area contributed by atoms with Crippen molar-refractivity contribution in [2.24, 2.45) is 0 Å². The summed E-state index contributed by atoms with van der Waals surface area (Å²) in [6.07, 6.45) is 2.46. The molecule has 0 saturated carbocycles. The minimum absolute atomic E-state index is 0.0853. The molecule has 1 aromatic heterocycles. The summed E-state index contributed by atoms with van der Waals surface area (Å²) in [5, 5.41) is 10.7. The molecular weight excluding hydrogens is 232 g/mol. The monoisotopic (exact) mass is 250 g/mol. The van der Waals surface area contributed by atoms with Gasteiger partial charge in [0.25, 0.3) is 5.69 Å². The van der Waals surface area contributed by atoms with E-state index < -0.39 is 4.92 Å². The van der Waals surface area contributed by atoms with Crippen molar-refractivity contribution in [3.05, 3.63) is 27.9 Å². The molecule has 1 unspecified atom stereocenters. The SMILES string of the molecule is Cc1cc(N2CCC(N(C)C)C2)ncc1[N+](=O)[O-]. The predicted octanol–water partition coefficient (Wildman–Crippen LogP) is 1.44. The van der Waals surface area contributed by atoms with E-state index in [1.807, 2.05) is 0 Å². The van der Waals surface area contributed by atoms with Crippen LogP contribution in [-0.2, 0) is 0 Å². The Bertz CT molecular complexity index is 461. The van der Waals surface area contributed by atoms with Crippen molar-refractivity contribution >= 4 is 11.5 Å². The molecule has 18 heavy (non-hydrogen) atoms. The average molecular weight is 250 g/mol. The van der Waals surface area contributed by atoms with E-state index in [4.69, 9.17) is 0 Å². The van der Waals surface area contributed by atoms with Crippen LogP contribution >= 0.6 is 0 Å². The third-order valence-electron chi connectivity index (χ3n) is 3.48. The highest BCUT2D eigenvalue weighted by atomic mass is 16.6. The van der Waals surface area contributed by atoms with Gasteiger partial charge in [-0.2, -0.15) is 0 Å². The standard InChI is InChI=1S/C12H18N4O2/c1-9-6-12(13-7-11(9)16(17)18)15-5-4-10(8-15)14(2)3/h6-7,10H,4-5,8H2,1-3H3. The number of nitrogens with zero attached hydrogens (tertiary/aromatic N) is 4. The minimum Gasteiger partial charge on any atom is -0.355 e. The molecule has 0 aromatic carbocycles. The molecule has 2 heterocycles. The molecule has 0 N–H and O–H groups in total. The fourth-order valence-electron chi connectivity index (χ4n) is 2.27. The van der Waals surface area contributed by atoms with Gasteiger partial charge in [-0.25, -0.2) is 4.98 Å². The van der Waals surface area contributed by atoms with Crippen LogP contribution in [0, 0.1) is 17.0 Å². The van der Waals surface area contributed by atoms with E-state index in [1.54, 1.807) is 13.0 Å². The van der Waals surface area contributed by atoms with Crippen LogP contribution in [0.4, 0.5) is 11.5 Å². The first-order valence-electron chi connectivity index (χ1n) is 6.01. The molecule has 0 amide bonds. The number of likely N-dealkylation sites (N-methyl/N-ethyl adjacent to an activating group) is 1. The van der Waals surface area contributed by atoms with E-state index in [1.165, 1.54) is 6.20 Å². The van der Waals surface area contributed by atoms with Gasteiger partial charge in [0, 0.05) is 24.7 Å². The molecule has 2 rings (SSSR count). The summed E-state index contributed by atoms with van der Waals surface area (Å²) in [4.78, 5) is 18.9. The Balaban J connectivity index is 2.16. The maximum Gasteiger partial charge on any atom is 0.290 e. The summed E-state index contributed by atoms with van der Waals surface area (Å²) in [7, 11) is 4.14. The van der Waals surface area contributed by atoms with Crippen LogP contribution in [0.5, 0.6) is 0 Å². The van der Waals surface area contributed by atoms with Gasteiger partial charge in [-0.15, -0.1) is 0 Å². The molecule has 6 nitrogen and oxygen atoms in total. The van der Waals surface area contributed by atoms with Crippen LogP contribution in [0.1, 0.15) is 12.0 Å². The van der Waals surface area contributed by atoms with Crippen molar-refractivity contribution in [3.63, 3.8) is 0 Å². The van der Waals surface area contributed by atoms with Crippen LogP contribution in [0.15, 0.2) is 12.3 Å². The summed E-state index contributed by atoms with van der Waals surface area (Å²) < 4.78 is 0. The number of hydrogen-bond acceptors (Lipinski definition) is 5. The second-order valence-corrected chi connectivity index (χ2v) is 4.94. The van der Waals surface area contributed by atoms with Gasteiger partial charge in [-0.3, -0.25) is 10.1 Å². The molecule has 1 aromatic rings. The number of nitro groups is 1. The summed E-state index contributed by atoms with van der Waals surface area (Å²) in [6, 6.07) is 2.33. The topological polar surface area (TPSA) is 62.5 Å². The van der Waals surface area contributed by atoms with Crippen LogP contribution in [0.25, 0.3) is 0 Å². The van der Waals surface area contributed by atoms with E-state index >= 15 is 0 Å². The maximum absolute atomic E-state index is 10.7. The lowest BCUT2D eigenvalue weighted by molar-refractivity contribution is -0.385. The average Bonchev–Trinajstić information content (AvgIpc) is 2.77. The Hall–Kier alpha value is -1.69. The van der Waals surface area contributed by atoms with Crippen molar-refractivity contribution in [2.75, 3.05) is 32.1 Å². The first-order chi connectivity index (χ1) is 8.49. The highest BCUT2D eigenvalue weighted by molar-refractivity contribution is 5.49. The molecule has 0 bridgehead atoms. The second-order valence-electron chi connectivity index (χ2n) is 4.94. The normalized spacial score (nSPS) is 19.6. The molecule has 0 spiro atoms. The lowest BCUT2D eigenvalue weighted by Crippen LogP contribution is -2.31. The molecule has 6 heteroatoms. The number of aromatic nitrogens is 1. The number of hydrogen-bond donors (Lipinski definition) is 0. The van der Waals surface area contributed by atoms with Crippen molar-refractivity contribution in [1.29, 1.82) is 0 Å². The summed E-state index contributed by atoms with van der Waals surface area (Å²) in [5.41, 5.74) is 0.750. The first-order valence-corrected chi connectivity index (χ1v) is 6.01. The molecule has 1 fully saturated rings. The van der Waals surface area contributed by atoms with E-state index in [-0.39, 0.29) is 5.69 Å². The number of rotatable bonds is 3. The zero-order valence-corrected chi connectivity index (χ0v) is 11.0. The third kappa shape index (κ3) is 2.43. The minimum atomic E-state index is -0.390. The summed E-state index contributed by atoms with van der Waals surface area (Å²) >= 11 is 0. The lowest BCUT2D eigenvalue weighted by atomic mass is 10.2. The van der Waals surface area contributed by atoms with Crippen LogP contribution in [-0.4, -0.2) is 48.0 Å². The summed E-state index contributed by atoms with van der Waals surface area (Å²) in [6.45, 7) is 3.63. The smallest absolute Gasteiger partial charge is 0.290 e. The Morgan fingerprint density at radius 1 is 1.56 bits per heavy atom.